The van der Waals surface area contributed by atoms with Crippen molar-refractivity contribution in [3.8, 4) is 11.1 Å². The number of thiazole rings is 1. The molecule has 4 rings (SSSR count). The summed E-state index contributed by atoms with van der Waals surface area (Å²) in [5, 5.41) is 5.32. The largest absolute Gasteiger partial charge is 0.300 e. The SMILES string of the molecule is Cc1cc(-c2ccccc2)cc(=O)n1[C@@H](CC1CCCCC1)C(=O)Nc1nccs1. The van der Waals surface area contributed by atoms with Crippen molar-refractivity contribution >= 4 is 22.4 Å². The standard InChI is InChI=1S/C24H27N3O2S/c1-17-14-20(19-10-6-3-7-11-19)16-22(28)27(17)21(15-18-8-4-2-5-9-18)23(29)26-24-25-12-13-30-24/h3,6-7,10-14,16,18,21H,2,4-5,8-9,15H2,1H3,(H,25,26,29)/t21-/m0/s1. The third-order valence-electron chi connectivity index (χ3n) is 5.93. The molecule has 3 aromatic rings. The van der Waals surface area contributed by atoms with E-state index in [9.17, 15) is 9.59 Å². The predicted octanol–water partition coefficient (Wildman–Crippen LogP) is 5.43. The molecule has 6 heteroatoms. The number of pyridine rings is 1. The highest BCUT2D eigenvalue weighted by Gasteiger charge is 2.28. The van der Waals surface area contributed by atoms with E-state index in [4.69, 9.17) is 0 Å². The number of carbonyl (C=O) groups excluding carboxylic acids is 1. The van der Waals surface area contributed by atoms with E-state index in [1.54, 1.807) is 16.8 Å². The zero-order valence-electron chi connectivity index (χ0n) is 17.2. The van der Waals surface area contributed by atoms with Gasteiger partial charge in [-0.1, -0.05) is 62.4 Å². The fraction of sp³-hybridized carbons (Fsp3) is 0.375. The zero-order valence-corrected chi connectivity index (χ0v) is 18.0. The van der Waals surface area contributed by atoms with Crippen LogP contribution in [0, 0.1) is 12.8 Å². The van der Waals surface area contributed by atoms with Gasteiger partial charge < -0.3 is 9.88 Å². The van der Waals surface area contributed by atoms with Gasteiger partial charge in [0.15, 0.2) is 5.13 Å². The highest BCUT2D eigenvalue weighted by atomic mass is 32.1. The molecule has 1 aliphatic carbocycles. The van der Waals surface area contributed by atoms with Gasteiger partial charge in [0.05, 0.1) is 0 Å². The quantitative estimate of drug-likeness (QED) is 0.577. The topological polar surface area (TPSA) is 64.0 Å². The number of amides is 1. The number of hydrogen-bond acceptors (Lipinski definition) is 4. The van der Waals surface area contributed by atoms with E-state index in [-0.39, 0.29) is 11.5 Å². The summed E-state index contributed by atoms with van der Waals surface area (Å²) in [6.07, 6.45) is 8.26. The first-order valence-electron chi connectivity index (χ1n) is 10.6. The van der Waals surface area contributed by atoms with Crippen LogP contribution >= 0.6 is 11.3 Å². The van der Waals surface area contributed by atoms with Gasteiger partial charge in [0.1, 0.15) is 6.04 Å². The number of nitrogens with zero attached hydrogens (tertiary/aromatic N) is 2. The van der Waals surface area contributed by atoms with Crippen molar-refractivity contribution in [1.29, 1.82) is 0 Å². The van der Waals surface area contributed by atoms with Crippen LogP contribution in [0.4, 0.5) is 5.13 Å². The molecule has 1 atom stereocenters. The Morgan fingerprint density at radius 2 is 1.93 bits per heavy atom. The van der Waals surface area contributed by atoms with Crippen LogP contribution in [0.5, 0.6) is 0 Å². The third-order valence-corrected chi connectivity index (χ3v) is 6.61. The van der Waals surface area contributed by atoms with Crippen LogP contribution in [0.2, 0.25) is 0 Å². The van der Waals surface area contributed by atoms with E-state index in [1.165, 1.54) is 30.6 Å². The first-order valence-corrected chi connectivity index (χ1v) is 11.5. The van der Waals surface area contributed by atoms with Gasteiger partial charge in [-0.05, 0) is 36.5 Å². The Morgan fingerprint density at radius 3 is 2.60 bits per heavy atom. The van der Waals surface area contributed by atoms with Crippen molar-refractivity contribution in [3.05, 3.63) is 70.1 Å². The lowest BCUT2D eigenvalue weighted by molar-refractivity contribution is -0.120. The van der Waals surface area contributed by atoms with E-state index in [0.717, 1.165) is 29.7 Å². The molecule has 1 aromatic carbocycles. The molecule has 1 amide bonds. The number of carbonyl (C=O) groups is 1. The minimum atomic E-state index is -0.533. The summed E-state index contributed by atoms with van der Waals surface area (Å²) >= 11 is 1.39. The van der Waals surface area contributed by atoms with Crippen LogP contribution in [0.15, 0.2) is 58.8 Å². The van der Waals surface area contributed by atoms with Crippen LogP contribution in [-0.2, 0) is 4.79 Å². The molecular formula is C24H27N3O2S. The number of benzene rings is 1. The number of hydrogen-bond donors (Lipinski definition) is 1. The molecule has 0 spiro atoms. The first kappa shape index (κ1) is 20.5. The lowest BCUT2D eigenvalue weighted by atomic mass is 9.84. The minimum absolute atomic E-state index is 0.135. The number of nitrogens with one attached hydrogen (secondary N) is 1. The molecular weight excluding hydrogens is 394 g/mol. The van der Waals surface area contributed by atoms with E-state index < -0.39 is 6.04 Å². The molecule has 2 heterocycles. The summed E-state index contributed by atoms with van der Waals surface area (Å²) in [4.78, 5) is 30.6. The maximum Gasteiger partial charge on any atom is 0.252 e. The van der Waals surface area contributed by atoms with Crippen LogP contribution < -0.4 is 10.9 Å². The van der Waals surface area contributed by atoms with Crippen molar-refractivity contribution in [2.24, 2.45) is 5.92 Å². The maximum absolute atomic E-state index is 13.2. The Kier molecular flexibility index (Phi) is 6.43. The van der Waals surface area contributed by atoms with Gasteiger partial charge in [-0.3, -0.25) is 9.59 Å². The van der Waals surface area contributed by atoms with E-state index in [2.05, 4.69) is 10.3 Å². The fourth-order valence-electron chi connectivity index (χ4n) is 4.45. The molecule has 1 N–H and O–H groups in total. The van der Waals surface area contributed by atoms with Gasteiger partial charge in [0, 0.05) is 23.3 Å². The molecule has 0 unspecified atom stereocenters. The molecule has 30 heavy (non-hydrogen) atoms. The Bertz CT molecular complexity index is 1040. The van der Waals surface area contributed by atoms with Crippen molar-refractivity contribution in [2.75, 3.05) is 5.32 Å². The molecule has 1 saturated carbocycles. The Morgan fingerprint density at radius 1 is 1.17 bits per heavy atom. The Hall–Kier alpha value is -2.73. The number of rotatable bonds is 6. The summed E-state index contributed by atoms with van der Waals surface area (Å²) in [5.41, 5.74) is 2.55. The zero-order chi connectivity index (χ0) is 20.9. The van der Waals surface area contributed by atoms with Gasteiger partial charge >= 0.3 is 0 Å². The molecule has 156 valence electrons. The predicted molar refractivity (Wildman–Crippen MR) is 122 cm³/mol. The minimum Gasteiger partial charge on any atom is -0.300 e. The molecule has 0 saturated heterocycles. The van der Waals surface area contributed by atoms with Crippen molar-refractivity contribution in [1.82, 2.24) is 9.55 Å². The Labute approximate surface area is 180 Å². The molecule has 0 radical (unpaired) electrons. The van der Waals surface area contributed by atoms with Crippen LogP contribution in [0.1, 0.15) is 50.3 Å². The first-order chi connectivity index (χ1) is 14.6. The molecule has 1 fully saturated rings. The summed E-state index contributed by atoms with van der Waals surface area (Å²) in [6, 6.07) is 13.0. The molecule has 0 aliphatic heterocycles. The van der Waals surface area contributed by atoms with Crippen molar-refractivity contribution < 1.29 is 4.79 Å². The second kappa shape index (κ2) is 9.39. The lowest BCUT2D eigenvalue weighted by Gasteiger charge is -2.28. The van der Waals surface area contributed by atoms with Crippen LogP contribution in [0.25, 0.3) is 11.1 Å². The number of aromatic nitrogens is 2. The molecule has 1 aliphatic rings. The summed E-state index contributed by atoms with van der Waals surface area (Å²) in [6.45, 7) is 1.92. The second-order valence-electron chi connectivity index (χ2n) is 8.04. The van der Waals surface area contributed by atoms with Crippen molar-refractivity contribution in [3.63, 3.8) is 0 Å². The van der Waals surface area contributed by atoms with Crippen molar-refractivity contribution in [2.45, 2.75) is 51.5 Å². The summed E-state index contributed by atoms with van der Waals surface area (Å²) < 4.78 is 1.67. The van der Waals surface area contributed by atoms with Gasteiger partial charge in [-0.15, -0.1) is 11.3 Å². The number of anilines is 1. The summed E-state index contributed by atoms with van der Waals surface area (Å²) in [5.74, 6) is 0.305. The maximum atomic E-state index is 13.2. The summed E-state index contributed by atoms with van der Waals surface area (Å²) in [7, 11) is 0. The average molecular weight is 422 g/mol. The van der Waals surface area contributed by atoms with Gasteiger partial charge in [0.2, 0.25) is 5.91 Å². The van der Waals surface area contributed by atoms with Crippen LogP contribution in [0.3, 0.4) is 0 Å². The van der Waals surface area contributed by atoms with E-state index in [1.807, 2.05) is 48.7 Å². The van der Waals surface area contributed by atoms with Crippen LogP contribution in [-0.4, -0.2) is 15.5 Å². The molecule has 5 nitrogen and oxygen atoms in total. The highest BCUT2D eigenvalue weighted by molar-refractivity contribution is 7.13. The smallest absolute Gasteiger partial charge is 0.252 e. The normalized spacial score (nSPS) is 15.6. The lowest BCUT2D eigenvalue weighted by Crippen LogP contribution is -2.36. The van der Waals surface area contributed by atoms with Gasteiger partial charge in [0.25, 0.3) is 5.56 Å². The fourth-order valence-corrected chi connectivity index (χ4v) is 4.98. The molecule has 0 bridgehead atoms. The van der Waals surface area contributed by atoms with E-state index >= 15 is 0 Å². The monoisotopic (exact) mass is 421 g/mol. The third kappa shape index (κ3) is 4.70. The Balaban J connectivity index is 1.68. The van der Waals surface area contributed by atoms with Gasteiger partial charge in [-0.25, -0.2) is 4.98 Å². The average Bonchev–Trinajstić information content (AvgIpc) is 3.27. The van der Waals surface area contributed by atoms with E-state index in [0.29, 0.717) is 17.5 Å². The molecule has 2 aromatic heterocycles. The number of aryl methyl sites for hydroxylation is 1. The van der Waals surface area contributed by atoms with Gasteiger partial charge in [-0.2, -0.15) is 0 Å². The highest BCUT2D eigenvalue weighted by Crippen LogP contribution is 2.32. The second-order valence-corrected chi connectivity index (χ2v) is 8.94.